The minimum atomic E-state index is -0.651. The second-order valence-corrected chi connectivity index (χ2v) is 3.47. The van der Waals surface area contributed by atoms with Gasteiger partial charge in [0.2, 0.25) is 6.41 Å². The van der Waals surface area contributed by atoms with E-state index in [2.05, 4.69) is 17.6 Å². The van der Waals surface area contributed by atoms with Gasteiger partial charge in [-0.2, -0.15) is 0 Å². The normalized spacial score (nSPS) is 14.8. The van der Waals surface area contributed by atoms with Crippen molar-refractivity contribution in [3.63, 3.8) is 0 Å². The molecule has 0 aromatic carbocycles. The molecule has 0 spiro atoms. The van der Waals surface area contributed by atoms with Gasteiger partial charge in [0.15, 0.2) is 0 Å². The largest absolute Gasteiger partial charge is 0.376 e. The lowest BCUT2D eigenvalue weighted by molar-refractivity contribution is -0.111. The molecule has 4 heteroatoms. The molecule has 0 fully saturated rings. The average molecular weight is 202 g/mol. The molecule has 4 nitrogen and oxygen atoms in total. The van der Waals surface area contributed by atoms with Crippen LogP contribution in [-0.4, -0.2) is 30.8 Å². The Morgan fingerprint density at radius 2 is 2.07 bits per heavy atom. The lowest BCUT2D eigenvalue weighted by Gasteiger charge is -2.21. The number of carbonyl (C=O) groups excluding carboxylic acids is 1. The first-order chi connectivity index (χ1) is 6.76. The van der Waals surface area contributed by atoms with Gasteiger partial charge in [-0.25, -0.2) is 0 Å². The minimum Gasteiger partial charge on any atom is -0.376 e. The van der Waals surface area contributed by atoms with Crippen LogP contribution in [0.25, 0.3) is 0 Å². The number of hydrogen-bond acceptors (Lipinski definition) is 3. The summed E-state index contributed by atoms with van der Waals surface area (Å²) in [4.78, 5) is 10.3. The highest BCUT2D eigenvalue weighted by Gasteiger charge is 2.15. The number of amides is 1. The Morgan fingerprint density at radius 1 is 1.36 bits per heavy atom. The van der Waals surface area contributed by atoms with Crippen molar-refractivity contribution in [3.05, 3.63) is 0 Å². The van der Waals surface area contributed by atoms with E-state index in [-0.39, 0.29) is 6.04 Å². The molecule has 0 aromatic rings. The number of nitrogens with one attached hydrogen (secondary N) is 2. The zero-order valence-electron chi connectivity index (χ0n) is 9.12. The van der Waals surface area contributed by atoms with E-state index in [9.17, 15) is 9.90 Å². The predicted molar refractivity (Wildman–Crippen MR) is 56.8 cm³/mol. The van der Waals surface area contributed by atoms with Crippen LogP contribution in [0.2, 0.25) is 0 Å². The van der Waals surface area contributed by atoms with Crippen molar-refractivity contribution in [3.8, 4) is 0 Å². The van der Waals surface area contributed by atoms with Crippen LogP contribution in [0.1, 0.15) is 39.0 Å². The fourth-order valence-corrected chi connectivity index (χ4v) is 1.41. The maximum absolute atomic E-state index is 10.3. The first-order valence-electron chi connectivity index (χ1n) is 5.31. The van der Waals surface area contributed by atoms with Crippen LogP contribution in [0, 0.1) is 0 Å². The highest BCUT2D eigenvalue weighted by atomic mass is 16.3. The SMILES string of the molecule is CCCCCC[C@H](NC=O)C(O)NC. The quantitative estimate of drug-likeness (QED) is 0.292. The van der Waals surface area contributed by atoms with Crippen molar-refractivity contribution in [2.45, 2.75) is 51.3 Å². The molecule has 3 N–H and O–H groups in total. The number of likely N-dealkylation sites (N-methyl/N-ethyl adjacent to an activating group) is 1. The van der Waals surface area contributed by atoms with E-state index in [0.717, 1.165) is 19.3 Å². The number of carbonyl (C=O) groups is 1. The number of aliphatic hydroxyl groups is 1. The summed E-state index contributed by atoms with van der Waals surface area (Å²) < 4.78 is 0. The van der Waals surface area contributed by atoms with Gasteiger partial charge in [-0.1, -0.05) is 32.6 Å². The van der Waals surface area contributed by atoms with E-state index in [1.807, 2.05) is 0 Å². The van der Waals surface area contributed by atoms with Gasteiger partial charge in [-0.15, -0.1) is 0 Å². The second kappa shape index (κ2) is 8.97. The van der Waals surface area contributed by atoms with Crippen LogP contribution in [0.3, 0.4) is 0 Å². The monoisotopic (exact) mass is 202 g/mol. The third-order valence-electron chi connectivity index (χ3n) is 2.33. The molecule has 0 heterocycles. The Morgan fingerprint density at radius 3 is 2.57 bits per heavy atom. The van der Waals surface area contributed by atoms with E-state index in [4.69, 9.17) is 0 Å². The van der Waals surface area contributed by atoms with Crippen molar-refractivity contribution in [1.82, 2.24) is 10.6 Å². The summed E-state index contributed by atoms with van der Waals surface area (Å²) in [6, 6.07) is -0.172. The van der Waals surface area contributed by atoms with Gasteiger partial charge < -0.3 is 10.4 Å². The Balaban J connectivity index is 3.66. The molecule has 0 radical (unpaired) electrons. The van der Waals surface area contributed by atoms with Gasteiger partial charge in [-0.3, -0.25) is 10.1 Å². The van der Waals surface area contributed by atoms with Gasteiger partial charge in [0.25, 0.3) is 0 Å². The topological polar surface area (TPSA) is 61.4 Å². The summed E-state index contributed by atoms with van der Waals surface area (Å²) in [6.07, 6.45) is 5.42. The molecule has 0 bridgehead atoms. The summed E-state index contributed by atoms with van der Waals surface area (Å²) in [5.74, 6) is 0. The molecule has 0 aliphatic rings. The summed E-state index contributed by atoms with van der Waals surface area (Å²) >= 11 is 0. The zero-order valence-corrected chi connectivity index (χ0v) is 9.12. The Labute approximate surface area is 86.1 Å². The summed E-state index contributed by atoms with van der Waals surface area (Å²) in [5.41, 5.74) is 0. The van der Waals surface area contributed by atoms with Crippen molar-refractivity contribution >= 4 is 6.41 Å². The molecule has 2 atom stereocenters. The molecular weight excluding hydrogens is 180 g/mol. The van der Waals surface area contributed by atoms with Crippen molar-refractivity contribution < 1.29 is 9.90 Å². The Bertz CT molecular complexity index is 142. The molecule has 0 aromatic heterocycles. The maximum atomic E-state index is 10.3. The van der Waals surface area contributed by atoms with Crippen LogP contribution >= 0.6 is 0 Å². The molecule has 0 saturated carbocycles. The number of hydrogen-bond donors (Lipinski definition) is 3. The smallest absolute Gasteiger partial charge is 0.207 e. The number of aliphatic hydroxyl groups excluding tert-OH is 1. The minimum absolute atomic E-state index is 0.172. The molecule has 84 valence electrons. The van der Waals surface area contributed by atoms with Crippen LogP contribution in [0.5, 0.6) is 0 Å². The first-order valence-corrected chi connectivity index (χ1v) is 5.31. The standard InChI is InChI=1S/C10H22N2O2/c1-3-4-5-6-7-9(12-8-13)10(14)11-2/h8-11,14H,3-7H2,1-2H3,(H,12,13)/t9-,10?/m0/s1. The molecule has 0 aliphatic carbocycles. The third-order valence-corrected chi connectivity index (χ3v) is 2.33. The van der Waals surface area contributed by atoms with Gasteiger partial charge >= 0.3 is 0 Å². The van der Waals surface area contributed by atoms with E-state index in [0.29, 0.717) is 6.41 Å². The van der Waals surface area contributed by atoms with Crippen LogP contribution in [0.4, 0.5) is 0 Å². The zero-order chi connectivity index (χ0) is 10.8. The van der Waals surface area contributed by atoms with Gasteiger partial charge in [0, 0.05) is 0 Å². The molecular formula is C10H22N2O2. The van der Waals surface area contributed by atoms with Gasteiger partial charge in [0.05, 0.1) is 6.04 Å². The van der Waals surface area contributed by atoms with Crippen molar-refractivity contribution in [1.29, 1.82) is 0 Å². The van der Waals surface area contributed by atoms with E-state index < -0.39 is 6.23 Å². The molecule has 1 unspecified atom stereocenters. The molecule has 14 heavy (non-hydrogen) atoms. The average Bonchev–Trinajstić information content (AvgIpc) is 2.21. The predicted octanol–water partition coefficient (Wildman–Crippen LogP) is 0.609. The summed E-state index contributed by atoms with van der Waals surface area (Å²) in [7, 11) is 1.68. The number of rotatable bonds is 9. The molecule has 0 saturated heterocycles. The highest BCUT2D eigenvalue weighted by Crippen LogP contribution is 2.06. The van der Waals surface area contributed by atoms with Gasteiger partial charge in [0.1, 0.15) is 6.23 Å². The van der Waals surface area contributed by atoms with Gasteiger partial charge in [-0.05, 0) is 13.5 Å². The van der Waals surface area contributed by atoms with E-state index >= 15 is 0 Å². The molecule has 0 rings (SSSR count). The van der Waals surface area contributed by atoms with Crippen LogP contribution < -0.4 is 10.6 Å². The number of unbranched alkanes of at least 4 members (excludes halogenated alkanes) is 3. The van der Waals surface area contributed by atoms with Crippen LogP contribution in [-0.2, 0) is 4.79 Å². The van der Waals surface area contributed by atoms with Crippen molar-refractivity contribution in [2.24, 2.45) is 0 Å². The second-order valence-electron chi connectivity index (χ2n) is 3.47. The fourth-order valence-electron chi connectivity index (χ4n) is 1.41. The van der Waals surface area contributed by atoms with Crippen molar-refractivity contribution in [2.75, 3.05) is 7.05 Å². The lowest BCUT2D eigenvalue weighted by atomic mass is 10.1. The first kappa shape index (κ1) is 13.4. The maximum Gasteiger partial charge on any atom is 0.207 e. The summed E-state index contributed by atoms with van der Waals surface area (Å²) in [5, 5.41) is 14.8. The summed E-state index contributed by atoms with van der Waals surface area (Å²) in [6.45, 7) is 2.16. The fraction of sp³-hybridized carbons (Fsp3) is 0.900. The van der Waals surface area contributed by atoms with E-state index in [1.54, 1.807) is 7.05 Å². The Hall–Kier alpha value is -0.610. The van der Waals surface area contributed by atoms with Crippen LogP contribution in [0.15, 0.2) is 0 Å². The van der Waals surface area contributed by atoms with E-state index in [1.165, 1.54) is 12.8 Å². The third kappa shape index (κ3) is 5.94. The Kier molecular flexibility index (Phi) is 8.57. The lowest BCUT2D eigenvalue weighted by Crippen LogP contribution is -2.46. The molecule has 0 aliphatic heterocycles. The highest BCUT2D eigenvalue weighted by molar-refractivity contribution is 5.46. The molecule has 1 amide bonds.